The number of hydrogen-bond donors (Lipinski definition) is 1. The van der Waals surface area contributed by atoms with Crippen LogP contribution >= 0.6 is 11.6 Å². The first-order valence-corrected chi connectivity index (χ1v) is 5.78. The van der Waals surface area contributed by atoms with E-state index in [1.54, 1.807) is 12.1 Å². The number of hydrogen-bond acceptors (Lipinski definition) is 4. The molecule has 96 valence electrons. The molecule has 0 saturated carbocycles. The van der Waals surface area contributed by atoms with Crippen molar-refractivity contribution in [1.29, 1.82) is 0 Å². The number of aliphatic hydroxyl groups is 1. The normalized spacial score (nSPS) is 10.4. The minimum atomic E-state index is -0.0880. The summed E-state index contributed by atoms with van der Waals surface area (Å²) in [6.07, 6.45) is 0. The van der Waals surface area contributed by atoms with E-state index in [2.05, 4.69) is 0 Å². The lowest BCUT2D eigenvalue weighted by atomic mass is 10.2. The van der Waals surface area contributed by atoms with Crippen LogP contribution in [0.5, 0.6) is 11.5 Å². The lowest BCUT2D eigenvalue weighted by Gasteiger charge is -2.13. The molecule has 17 heavy (non-hydrogen) atoms. The summed E-state index contributed by atoms with van der Waals surface area (Å²) in [4.78, 5) is 0. The van der Waals surface area contributed by atoms with Crippen LogP contribution in [-0.2, 0) is 11.3 Å². The Hall–Kier alpha value is -0.970. The van der Waals surface area contributed by atoms with Gasteiger partial charge in [0.05, 0.1) is 25.3 Å². The maximum atomic E-state index is 9.04. The molecule has 0 fully saturated rings. The third-order valence-electron chi connectivity index (χ3n) is 2.15. The van der Waals surface area contributed by atoms with Crippen molar-refractivity contribution in [2.75, 3.05) is 26.9 Å². The van der Waals surface area contributed by atoms with Crippen molar-refractivity contribution < 1.29 is 19.3 Å². The molecule has 0 aromatic heterocycles. The van der Waals surface area contributed by atoms with Crippen molar-refractivity contribution >= 4 is 11.6 Å². The molecule has 0 aliphatic rings. The van der Waals surface area contributed by atoms with Gasteiger partial charge in [0.25, 0.3) is 0 Å². The first-order valence-electron chi connectivity index (χ1n) is 5.40. The van der Waals surface area contributed by atoms with E-state index in [9.17, 15) is 0 Å². The Morgan fingerprint density at radius 3 is 2.65 bits per heavy atom. The average molecular weight is 261 g/mol. The maximum Gasteiger partial charge on any atom is 0.179 e. The Kier molecular flexibility index (Phi) is 6.11. The van der Waals surface area contributed by atoms with Gasteiger partial charge in [-0.1, -0.05) is 11.6 Å². The first kappa shape index (κ1) is 14.1. The maximum absolute atomic E-state index is 9.04. The summed E-state index contributed by atoms with van der Waals surface area (Å²) in [5, 5.41) is 9.47. The van der Waals surface area contributed by atoms with Gasteiger partial charge in [-0.15, -0.1) is 0 Å². The van der Waals surface area contributed by atoms with Crippen LogP contribution in [0.2, 0.25) is 5.02 Å². The summed E-state index contributed by atoms with van der Waals surface area (Å²) < 4.78 is 15.8. The molecule has 1 N–H and O–H groups in total. The average Bonchev–Trinajstić information content (AvgIpc) is 2.35. The lowest BCUT2D eigenvalue weighted by molar-refractivity contribution is 0.109. The fourth-order valence-electron chi connectivity index (χ4n) is 1.35. The van der Waals surface area contributed by atoms with Gasteiger partial charge in [-0.3, -0.25) is 0 Å². The third-order valence-corrected chi connectivity index (χ3v) is 2.43. The monoisotopic (exact) mass is 260 g/mol. The zero-order valence-corrected chi connectivity index (χ0v) is 10.8. The fourth-order valence-corrected chi connectivity index (χ4v) is 1.64. The Balaban J connectivity index is 2.75. The van der Waals surface area contributed by atoms with Crippen LogP contribution < -0.4 is 9.47 Å². The molecule has 5 heteroatoms. The number of rotatable bonds is 7. The summed E-state index contributed by atoms with van der Waals surface area (Å²) in [5.74, 6) is 0.990. The molecule has 1 rings (SSSR count). The minimum Gasteiger partial charge on any atom is -0.493 e. The van der Waals surface area contributed by atoms with E-state index in [1.165, 1.54) is 7.11 Å². The molecular weight excluding hydrogens is 244 g/mol. The Morgan fingerprint density at radius 1 is 1.29 bits per heavy atom. The van der Waals surface area contributed by atoms with Gasteiger partial charge in [0, 0.05) is 6.61 Å². The highest BCUT2D eigenvalue weighted by Crippen LogP contribution is 2.36. The van der Waals surface area contributed by atoms with Crippen LogP contribution in [0.4, 0.5) is 0 Å². The van der Waals surface area contributed by atoms with Gasteiger partial charge in [0.1, 0.15) is 6.61 Å². The number of methoxy groups -OCH3 is 1. The summed E-state index contributed by atoms with van der Waals surface area (Å²) in [5.41, 5.74) is 0.684. The van der Waals surface area contributed by atoms with Gasteiger partial charge in [-0.25, -0.2) is 0 Å². The minimum absolute atomic E-state index is 0.0880. The van der Waals surface area contributed by atoms with Crippen LogP contribution in [0, 0.1) is 0 Å². The Bertz CT molecular complexity index is 355. The Morgan fingerprint density at radius 2 is 2.06 bits per heavy atom. The van der Waals surface area contributed by atoms with Crippen molar-refractivity contribution in [2.24, 2.45) is 0 Å². The van der Waals surface area contributed by atoms with E-state index >= 15 is 0 Å². The Labute approximate surface area is 106 Å². The van der Waals surface area contributed by atoms with Gasteiger partial charge in [-0.05, 0) is 24.6 Å². The molecule has 0 aliphatic carbocycles. The molecule has 0 bridgehead atoms. The number of ether oxygens (including phenoxy) is 3. The predicted molar refractivity (Wildman–Crippen MR) is 65.9 cm³/mol. The second-order valence-electron chi connectivity index (χ2n) is 3.31. The first-order chi connectivity index (χ1) is 8.22. The summed E-state index contributed by atoms with van der Waals surface area (Å²) >= 11 is 6.05. The highest BCUT2D eigenvalue weighted by atomic mass is 35.5. The molecule has 0 spiro atoms. The van der Waals surface area contributed by atoms with E-state index in [0.29, 0.717) is 41.9 Å². The van der Waals surface area contributed by atoms with Gasteiger partial charge >= 0.3 is 0 Å². The predicted octanol–water partition coefficient (Wildman–Crippen LogP) is 2.26. The summed E-state index contributed by atoms with van der Waals surface area (Å²) in [6, 6.07) is 3.35. The molecular formula is C12H17ClO4. The molecule has 0 amide bonds. The summed E-state index contributed by atoms with van der Waals surface area (Å²) in [7, 11) is 1.53. The molecule has 1 aromatic carbocycles. The largest absolute Gasteiger partial charge is 0.493 e. The smallest absolute Gasteiger partial charge is 0.179 e. The zero-order chi connectivity index (χ0) is 12.7. The quantitative estimate of drug-likeness (QED) is 0.764. The van der Waals surface area contributed by atoms with E-state index in [1.807, 2.05) is 6.92 Å². The highest BCUT2D eigenvalue weighted by Gasteiger charge is 2.11. The second-order valence-corrected chi connectivity index (χ2v) is 3.72. The highest BCUT2D eigenvalue weighted by molar-refractivity contribution is 6.32. The standard InChI is InChI=1S/C12H17ClO4/c1-3-16-4-5-17-12-10(13)6-9(8-14)7-11(12)15-2/h6-7,14H,3-5,8H2,1-2H3. The van der Waals surface area contributed by atoms with Crippen LogP contribution in [0.3, 0.4) is 0 Å². The SMILES string of the molecule is CCOCCOc1c(Cl)cc(CO)cc1OC. The molecule has 0 aliphatic heterocycles. The van der Waals surface area contributed by atoms with Crippen molar-refractivity contribution in [1.82, 2.24) is 0 Å². The van der Waals surface area contributed by atoms with Crippen LogP contribution in [0.25, 0.3) is 0 Å². The molecule has 0 unspecified atom stereocenters. The number of aliphatic hydroxyl groups excluding tert-OH is 1. The van der Waals surface area contributed by atoms with Gasteiger partial charge in [0.15, 0.2) is 11.5 Å². The molecule has 1 aromatic rings. The van der Waals surface area contributed by atoms with Crippen LogP contribution in [-0.4, -0.2) is 32.0 Å². The molecule has 4 nitrogen and oxygen atoms in total. The van der Waals surface area contributed by atoms with Crippen LogP contribution in [0.15, 0.2) is 12.1 Å². The third kappa shape index (κ3) is 4.07. The fraction of sp³-hybridized carbons (Fsp3) is 0.500. The zero-order valence-electron chi connectivity index (χ0n) is 10.0. The van der Waals surface area contributed by atoms with Gasteiger partial charge in [0.2, 0.25) is 0 Å². The van der Waals surface area contributed by atoms with Crippen molar-refractivity contribution in [3.8, 4) is 11.5 Å². The second kappa shape index (κ2) is 7.37. The molecule has 0 heterocycles. The lowest BCUT2D eigenvalue weighted by Crippen LogP contribution is -2.07. The van der Waals surface area contributed by atoms with Crippen molar-refractivity contribution in [3.63, 3.8) is 0 Å². The van der Waals surface area contributed by atoms with Gasteiger partial charge in [-0.2, -0.15) is 0 Å². The van der Waals surface area contributed by atoms with Crippen LogP contribution in [0.1, 0.15) is 12.5 Å². The van der Waals surface area contributed by atoms with E-state index in [0.717, 1.165) is 0 Å². The molecule has 0 radical (unpaired) electrons. The van der Waals surface area contributed by atoms with E-state index in [4.69, 9.17) is 30.9 Å². The molecule has 0 saturated heterocycles. The van der Waals surface area contributed by atoms with Crippen molar-refractivity contribution in [3.05, 3.63) is 22.7 Å². The number of halogens is 1. The molecule has 0 atom stereocenters. The van der Waals surface area contributed by atoms with E-state index in [-0.39, 0.29) is 6.61 Å². The number of benzene rings is 1. The van der Waals surface area contributed by atoms with Crippen molar-refractivity contribution in [2.45, 2.75) is 13.5 Å². The summed E-state index contributed by atoms with van der Waals surface area (Å²) in [6.45, 7) is 3.39. The van der Waals surface area contributed by atoms with E-state index < -0.39 is 0 Å². The van der Waals surface area contributed by atoms with Gasteiger partial charge < -0.3 is 19.3 Å². The topological polar surface area (TPSA) is 47.9 Å².